The van der Waals surface area contributed by atoms with Crippen LogP contribution in [0.1, 0.15) is 30.1 Å². The largest absolute Gasteiger partial charge is 0.497 e. The fraction of sp³-hybridized carbons (Fsp3) is 0.375. The number of anilines is 1. The van der Waals surface area contributed by atoms with E-state index in [-0.39, 0.29) is 12.1 Å². The molecule has 0 saturated carbocycles. The number of ether oxygens (including phenoxy) is 1. The molecule has 0 bridgehead atoms. The van der Waals surface area contributed by atoms with Gasteiger partial charge in [-0.3, -0.25) is 4.68 Å². The van der Waals surface area contributed by atoms with Gasteiger partial charge in [0.1, 0.15) is 5.75 Å². The van der Waals surface area contributed by atoms with Crippen LogP contribution in [0.4, 0.5) is 10.5 Å². The van der Waals surface area contributed by atoms with E-state index < -0.39 is 0 Å². The highest BCUT2D eigenvalue weighted by atomic mass is 16.5. The van der Waals surface area contributed by atoms with Crippen LogP contribution >= 0.6 is 0 Å². The number of hydrogen-bond acceptors (Lipinski definition) is 3. The normalized spacial score (nSPS) is 16.7. The van der Waals surface area contributed by atoms with Gasteiger partial charge in [0.05, 0.1) is 19.3 Å². The molecule has 22 heavy (non-hydrogen) atoms. The van der Waals surface area contributed by atoms with Gasteiger partial charge in [-0.2, -0.15) is 5.10 Å². The quantitative estimate of drug-likeness (QED) is 0.915. The number of methoxy groups -OCH3 is 1. The van der Waals surface area contributed by atoms with Crippen molar-refractivity contribution < 1.29 is 9.53 Å². The van der Waals surface area contributed by atoms with Crippen LogP contribution in [0, 0.1) is 0 Å². The molecule has 6 nitrogen and oxygen atoms in total. The summed E-state index contributed by atoms with van der Waals surface area (Å²) in [4.78, 5) is 12.2. The van der Waals surface area contributed by atoms with E-state index >= 15 is 0 Å². The molecule has 0 aliphatic heterocycles. The van der Waals surface area contributed by atoms with Gasteiger partial charge in [-0.05, 0) is 43.5 Å². The number of aromatic nitrogens is 2. The van der Waals surface area contributed by atoms with E-state index in [0.717, 1.165) is 36.3 Å². The van der Waals surface area contributed by atoms with E-state index in [4.69, 9.17) is 4.74 Å². The molecule has 1 aliphatic rings. The van der Waals surface area contributed by atoms with E-state index in [9.17, 15) is 4.79 Å². The summed E-state index contributed by atoms with van der Waals surface area (Å²) in [6.45, 7) is 0. The second kappa shape index (κ2) is 6.09. The van der Waals surface area contributed by atoms with E-state index in [1.807, 2.05) is 42.2 Å². The number of urea groups is 1. The summed E-state index contributed by atoms with van der Waals surface area (Å²) < 4.78 is 6.99. The highest BCUT2D eigenvalue weighted by Crippen LogP contribution is 2.29. The summed E-state index contributed by atoms with van der Waals surface area (Å²) in [5.41, 5.74) is 3.07. The third-order valence-corrected chi connectivity index (χ3v) is 4.03. The Bertz CT molecular complexity index is 663. The summed E-state index contributed by atoms with van der Waals surface area (Å²) in [7, 11) is 3.56. The number of benzene rings is 1. The first-order valence-electron chi connectivity index (χ1n) is 7.39. The summed E-state index contributed by atoms with van der Waals surface area (Å²) in [6.07, 6.45) is 4.87. The van der Waals surface area contributed by atoms with Crippen LogP contribution < -0.4 is 15.4 Å². The first-order valence-corrected chi connectivity index (χ1v) is 7.39. The summed E-state index contributed by atoms with van der Waals surface area (Å²) in [5, 5.41) is 10.2. The molecule has 1 atom stereocenters. The lowest BCUT2D eigenvalue weighted by molar-refractivity contribution is 0.247. The standard InChI is InChI=1S/C16H20N4O2/c1-20-15-5-3-4-14(13(15)10-17-20)19-16(21)18-11-6-8-12(22-2)9-7-11/h6-10,14H,3-5H2,1-2H3,(H2,18,19,21). The Balaban J connectivity index is 1.64. The Morgan fingerprint density at radius 1 is 1.36 bits per heavy atom. The van der Waals surface area contributed by atoms with Crippen LogP contribution in [-0.2, 0) is 13.5 Å². The Morgan fingerprint density at radius 2 is 2.14 bits per heavy atom. The molecular formula is C16H20N4O2. The molecule has 2 amide bonds. The maximum Gasteiger partial charge on any atom is 0.319 e. The molecule has 1 unspecified atom stereocenters. The lowest BCUT2D eigenvalue weighted by Crippen LogP contribution is -2.34. The van der Waals surface area contributed by atoms with E-state index in [1.165, 1.54) is 5.69 Å². The molecule has 0 spiro atoms. The van der Waals surface area contributed by atoms with Gasteiger partial charge in [-0.15, -0.1) is 0 Å². The number of hydrogen-bond donors (Lipinski definition) is 2. The molecule has 0 saturated heterocycles. The number of carbonyl (C=O) groups is 1. The molecule has 2 N–H and O–H groups in total. The van der Waals surface area contributed by atoms with E-state index in [2.05, 4.69) is 15.7 Å². The number of nitrogens with zero attached hydrogens (tertiary/aromatic N) is 2. The fourth-order valence-corrected chi connectivity index (χ4v) is 2.86. The van der Waals surface area contributed by atoms with Gasteiger partial charge in [-0.25, -0.2) is 4.79 Å². The van der Waals surface area contributed by atoms with Gasteiger partial charge in [0, 0.05) is 24.0 Å². The molecule has 3 rings (SSSR count). The van der Waals surface area contributed by atoms with Crippen molar-refractivity contribution in [2.24, 2.45) is 7.05 Å². The second-order valence-electron chi connectivity index (χ2n) is 5.44. The lowest BCUT2D eigenvalue weighted by Gasteiger charge is -2.24. The maximum atomic E-state index is 12.2. The predicted molar refractivity (Wildman–Crippen MR) is 84.0 cm³/mol. The number of carbonyl (C=O) groups excluding carboxylic acids is 1. The highest BCUT2D eigenvalue weighted by Gasteiger charge is 2.24. The minimum absolute atomic E-state index is 0.0238. The Kier molecular flexibility index (Phi) is 4.00. The topological polar surface area (TPSA) is 68.2 Å². The summed E-state index contributed by atoms with van der Waals surface area (Å²) >= 11 is 0. The van der Waals surface area contributed by atoms with Gasteiger partial charge >= 0.3 is 6.03 Å². The zero-order chi connectivity index (χ0) is 15.5. The van der Waals surface area contributed by atoms with Gasteiger partial charge in [0.25, 0.3) is 0 Å². The average molecular weight is 300 g/mol. The third kappa shape index (κ3) is 2.90. The molecule has 1 aromatic heterocycles. The molecule has 2 aromatic rings. The molecular weight excluding hydrogens is 280 g/mol. The number of fused-ring (bicyclic) bond motifs is 1. The van der Waals surface area contributed by atoms with Crippen molar-refractivity contribution in [2.75, 3.05) is 12.4 Å². The van der Waals surface area contributed by atoms with E-state index in [0.29, 0.717) is 0 Å². The molecule has 1 aliphatic carbocycles. The van der Waals surface area contributed by atoms with Crippen molar-refractivity contribution in [1.29, 1.82) is 0 Å². The number of nitrogens with one attached hydrogen (secondary N) is 2. The fourth-order valence-electron chi connectivity index (χ4n) is 2.86. The Labute approximate surface area is 129 Å². The summed E-state index contributed by atoms with van der Waals surface area (Å²) in [5.74, 6) is 0.762. The van der Waals surface area contributed by atoms with Crippen LogP contribution in [0.25, 0.3) is 0 Å². The SMILES string of the molecule is COc1ccc(NC(=O)NC2CCCc3c2cnn3C)cc1. The lowest BCUT2D eigenvalue weighted by atomic mass is 9.93. The Hall–Kier alpha value is -2.50. The van der Waals surface area contributed by atoms with Crippen molar-refractivity contribution >= 4 is 11.7 Å². The van der Waals surface area contributed by atoms with Crippen molar-refractivity contribution in [3.63, 3.8) is 0 Å². The summed E-state index contributed by atoms with van der Waals surface area (Å²) in [6, 6.07) is 7.08. The van der Waals surface area contributed by atoms with Crippen LogP contribution in [0.5, 0.6) is 5.75 Å². The third-order valence-electron chi connectivity index (χ3n) is 4.03. The van der Waals surface area contributed by atoms with Crippen molar-refractivity contribution in [1.82, 2.24) is 15.1 Å². The minimum atomic E-state index is -0.202. The molecule has 0 fully saturated rings. The van der Waals surface area contributed by atoms with Crippen LogP contribution in [0.3, 0.4) is 0 Å². The molecule has 0 radical (unpaired) electrons. The smallest absolute Gasteiger partial charge is 0.319 e. The van der Waals surface area contributed by atoms with Crippen molar-refractivity contribution in [3.8, 4) is 5.75 Å². The molecule has 1 heterocycles. The average Bonchev–Trinajstić information content (AvgIpc) is 2.91. The minimum Gasteiger partial charge on any atom is -0.497 e. The van der Waals surface area contributed by atoms with Crippen molar-refractivity contribution in [2.45, 2.75) is 25.3 Å². The highest BCUT2D eigenvalue weighted by molar-refractivity contribution is 5.89. The first-order chi connectivity index (χ1) is 10.7. The zero-order valence-electron chi connectivity index (χ0n) is 12.8. The van der Waals surface area contributed by atoms with Gasteiger partial charge in [0.2, 0.25) is 0 Å². The predicted octanol–water partition coefficient (Wildman–Crippen LogP) is 2.63. The van der Waals surface area contributed by atoms with Crippen LogP contribution in [-0.4, -0.2) is 22.9 Å². The maximum absolute atomic E-state index is 12.2. The van der Waals surface area contributed by atoms with Crippen LogP contribution in [0.15, 0.2) is 30.5 Å². The Morgan fingerprint density at radius 3 is 2.86 bits per heavy atom. The molecule has 116 valence electrons. The molecule has 1 aromatic carbocycles. The second-order valence-corrected chi connectivity index (χ2v) is 5.44. The number of amides is 2. The van der Waals surface area contributed by atoms with Crippen LogP contribution in [0.2, 0.25) is 0 Å². The van der Waals surface area contributed by atoms with Crippen molar-refractivity contribution in [3.05, 3.63) is 41.7 Å². The van der Waals surface area contributed by atoms with E-state index in [1.54, 1.807) is 7.11 Å². The van der Waals surface area contributed by atoms with Gasteiger partial charge in [0.15, 0.2) is 0 Å². The number of rotatable bonds is 3. The first kappa shape index (κ1) is 14.4. The monoisotopic (exact) mass is 300 g/mol. The number of aryl methyl sites for hydroxylation is 1. The van der Waals surface area contributed by atoms with Gasteiger partial charge in [-0.1, -0.05) is 0 Å². The molecule has 6 heteroatoms. The van der Waals surface area contributed by atoms with Gasteiger partial charge < -0.3 is 15.4 Å². The zero-order valence-corrected chi connectivity index (χ0v) is 12.8.